The molecule has 1 heterocycles. The quantitative estimate of drug-likeness (QED) is 0.400. The summed E-state index contributed by atoms with van der Waals surface area (Å²) in [5.74, 6) is 0.864. The Hall–Kier alpha value is -2.32. The van der Waals surface area contributed by atoms with Crippen molar-refractivity contribution >= 4 is 17.7 Å². The van der Waals surface area contributed by atoms with Crippen molar-refractivity contribution in [3.8, 4) is 0 Å². The smallest absolute Gasteiger partial charge is 0.412 e. The van der Waals surface area contributed by atoms with Crippen LogP contribution in [0, 0.1) is 0 Å². The second-order valence-electron chi connectivity index (χ2n) is 9.04. The molecule has 8 nitrogen and oxygen atoms in total. The molecule has 1 saturated heterocycles. The first-order chi connectivity index (χ1) is 15.3. The number of hydrogen-bond donors (Lipinski definition) is 3. The number of ether oxygens (including phenoxy) is 1. The number of hydrogen-bond acceptors (Lipinski definition) is 5. The standard InChI is InChI=1S/C24H42N6O2/c1-6-25-22(27-14-15-30-18-16-29(7-2)17-19-30)26-13-12-20-8-10-21(11-9-20)28-23(31)32-24(3,4)5/h8-11H,6-7,12-19H2,1-5H3,(H,28,31)(H2,25,26,27). The van der Waals surface area contributed by atoms with E-state index in [4.69, 9.17) is 9.73 Å². The third kappa shape index (κ3) is 10.3. The van der Waals surface area contributed by atoms with E-state index in [-0.39, 0.29) is 0 Å². The number of carbonyl (C=O) groups excluding carboxylic acids is 1. The molecule has 1 aliphatic heterocycles. The molecule has 0 bridgehead atoms. The number of aliphatic imine (C=N–C) groups is 1. The minimum Gasteiger partial charge on any atom is -0.444 e. The number of likely N-dealkylation sites (N-methyl/N-ethyl adjacent to an activating group) is 1. The second kappa shape index (κ2) is 13.3. The highest BCUT2D eigenvalue weighted by molar-refractivity contribution is 5.84. The Kier molecular flexibility index (Phi) is 10.8. The molecule has 1 aromatic carbocycles. The summed E-state index contributed by atoms with van der Waals surface area (Å²) in [6, 6.07) is 7.84. The van der Waals surface area contributed by atoms with E-state index in [1.165, 1.54) is 5.56 Å². The fraction of sp³-hybridized carbons (Fsp3) is 0.667. The Morgan fingerprint density at radius 3 is 2.28 bits per heavy atom. The van der Waals surface area contributed by atoms with Gasteiger partial charge < -0.3 is 20.3 Å². The van der Waals surface area contributed by atoms with Gasteiger partial charge in [0.15, 0.2) is 5.96 Å². The maximum atomic E-state index is 11.9. The van der Waals surface area contributed by atoms with Crippen LogP contribution in [0.25, 0.3) is 0 Å². The van der Waals surface area contributed by atoms with Crippen molar-refractivity contribution in [3.63, 3.8) is 0 Å². The maximum Gasteiger partial charge on any atom is 0.412 e. The molecule has 3 N–H and O–H groups in total. The van der Waals surface area contributed by atoms with Crippen LogP contribution in [0.15, 0.2) is 29.3 Å². The molecule has 8 heteroatoms. The molecule has 0 atom stereocenters. The average molecular weight is 447 g/mol. The van der Waals surface area contributed by atoms with E-state index in [0.29, 0.717) is 0 Å². The molecular weight excluding hydrogens is 404 g/mol. The minimum atomic E-state index is -0.508. The molecule has 0 spiro atoms. The van der Waals surface area contributed by atoms with E-state index >= 15 is 0 Å². The van der Waals surface area contributed by atoms with Crippen molar-refractivity contribution in [2.45, 2.75) is 46.6 Å². The maximum absolute atomic E-state index is 11.9. The number of guanidine groups is 1. The van der Waals surface area contributed by atoms with Crippen molar-refractivity contribution in [1.29, 1.82) is 0 Å². The molecule has 0 aromatic heterocycles. The molecule has 0 saturated carbocycles. The molecule has 0 aliphatic carbocycles. The summed E-state index contributed by atoms with van der Waals surface area (Å²) in [7, 11) is 0. The number of nitrogens with zero attached hydrogens (tertiary/aromatic N) is 3. The van der Waals surface area contributed by atoms with Crippen LogP contribution in [0.1, 0.15) is 40.2 Å². The summed E-state index contributed by atoms with van der Waals surface area (Å²) in [4.78, 5) is 21.6. The lowest BCUT2D eigenvalue weighted by molar-refractivity contribution is 0.0636. The molecule has 1 aliphatic rings. The predicted octanol–water partition coefficient (Wildman–Crippen LogP) is 2.77. The summed E-state index contributed by atoms with van der Waals surface area (Å²) < 4.78 is 5.28. The van der Waals surface area contributed by atoms with Gasteiger partial charge in [-0.05, 0) is 58.4 Å². The summed E-state index contributed by atoms with van der Waals surface area (Å²) in [5.41, 5.74) is 1.41. The first-order valence-corrected chi connectivity index (χ1v) is 11.8. The van der Waals surface area contributed by atoms with Gasteiger partial charge in [-0.15, -0.1) is 0 Å². The number of rotatable bonds is 9. The van der Waals surface area contributed by atoms with E-state index in [0.717, 1.165) is 77.0 Å². The van der Waals surface area contributed by atoms with Gasteiger partial charge in [0.2, 0.25) is 0 Å². The van der Waals surface area contributed by atoms with Crippen molar-refractivity contribution in [2.75, 3.05) is 64.2 Å². The van der Waals surface area contributed by atoms with Gasteiger partial charge in [-0.3, -0.25) is 15.2 Å². The number of benzene rings is 1. The third-order valence-electron chi connectivity index (χ3n) is 5.25. The van der Waals surface area contributed by atoms with Gasteiger partial charge in [0.05, 0.1) is 6.54 Å². The number of carbonyl (C=O) groups is 1. The molecule has 180 valence electrons. The van der Waals surface area contributed by atoms with E-state index in [1.807, 2.05) is 45.0 Å². The van der Waals surface area contributed by atoms with Crippen molar-refractivity contribution < 1.29 is 9.53 Å². The van der Waals surface area contributed by atoms with Crippen LogP contribution in [0.2, 0.25) is 0 Å². The van der Waals surface area contributed by atoms with Crippen LogP contribution >= 0.6 is 0 Å². The molecule has 1 aromatic rings. The van der Waals surface area contributed by atoms with Crippen LogP contribution in [0.5, 0.6) is 0 Å². The van der Waals surface area contributed by atoms with Gasteiger partial charge in [-0.1, -0.05) is 19.1 Å². The lowest BCUT2D eigenvalue weighted by Crippen LogP contribution is -2.47. The van der Waals surface area contributed by atoms with Crippen LogP contribution in [0.4, 0.5) is 10.5 Å². The topological polar surface area (TPSA) is 81.2 Å². The van der Waals surface area contributed by atoms with E-state index in [9.17, 15) is 4.79 Å². The number of amides is 1. The average Bonchev–Trinajstić information content (AvgIpc) is 2.74. The largest absolute Gasteiger partial charge is 0.444 e. The van der Waals surface area contributed by atoms with Crippen molar-refractivity contribution in [1.82, 2.24) is 20.4 Å². The number of piperazine rings is 1. The summed E-state index contributed by atoms with van der Waals surface area (Å²) in [6.45, 7) is 19.0. The van der Waals surface area contributed by atoms with Gasteiger partial charge in [0, 0.05) is 51.5 Å². The number of nitrogens with one attached hydrogen (secondary N) is 3. The van der Waals surface area contributed by atoms with Crippen LogP contribution in [0.3, 0.4) is 0 Å². The van der Waals surface area contributed by atoms with Crippen LogP contribution < -0.4 is 16.0 Å². The van der Waals surface area contributed by atoms with Crippen LogP contribution in [-0.4, -0.2) is 86.4 Å². The zero-order chi connectivity index (χ0) is 23.4. The zero-order valence-electron chi connectivity index (χ0n) is 20.5. The van der Waals surface area contributed by atoms with E-state index in [2.05, 4.69) is 39.6 Å². The highest BCUT2D eigenvalue weighted by Crippen LogP contribution is 2.13. The Labute approximate surface area is 193 Å². The lowest BCUT2D eigenvalue weighted by Gasteiger charge is -2.33. The molecule has 1 fully saturated rings. The Balaban J connectivity index is 1.72. The fourth-order valence-electron chi connectivity index (χ4n) is 3.48. The first-order valence-electron chi connectivity index (χ1n) is 11.8. The summed E-state index contributed by atoms with van der Waals surface area (Å²) >= 11 is 0. The second-order valence-corrected chi connectivity index (χ2v) is 9.04. The van der Waals surface area contributed by atoms with Gasteiger partial charge in [-0.2, -0.15) is 0 Å². The normalized spacial score (nSPS) is 16.0. The lowest BCUT2D eigenvalue weighted by atomic mass is 10.1. The highest BCUT2D eigenvalue weighted by atomic mass is 16.6. The number of anilines is 1. The van der Waals surface area contributed by atoms with E-state index in [1.54, 1.807) is 0 Å². The zero-order valence-corrected chi connectivity index (χ0v) is 20.5. The highest BCUT2D eigenvalue weighted by Gasteiger charge is 2.16. The van der Waals surface area contributed by atoms with Gasteiger partial charge in [0.25, 0.3) is 0 Å². The van der Waals surface area contributed by atoms with Gasteiger partial charge in [-0.25, -0.2) is 4.79 Å². The molecule has 32 heavy (non-hydrogen) atoms. The molecule has 1 amide bonds. The third-order valence-corrected chi connectivity index (χ3v) is 5.25. The van der Waals surface area contributed by atoms with Gasteiger partial charge in [0.1, 0.15) is 5.60 Å². The van der Waals surface area contributed by atoms with Crippen molar-refractivity contribution in [3.05, 3.63) is 29.8 Å². The van der Waals surface area contributed by atoms with E-state index < -0.39 is 11.7 Å². The summed E-state index contributed by atoms with van der Waals surface area (Å²) in [5, 5.41) is 9.50. The minimum absolute atomic E-state index is 0.439. The predicted molar refractivity (Wildman–Crippen MR) is 133 cm³/mol. The van der Waals surface area contributed by atoms with Crippen molar-refractivity contribution in [2.24, 2.45) is 4.99 Å². The fourth-order valence-corrected chi connectivity index (χ4v) is 3.48. The molecule has 0 unspecified atom stereocenters. The SMILES string of the molecule is CCNC(=NCCN1CCN(CC)CC1)NCCc1ccc(NC(=O)OC(C)(C)C)cc1. The molecule has 0 radical (unpaired) electrons. The monoisotopic (exact) mass is 446 g/mol. The summed E-state index contributed by atoms with van der Waals surface area (Å²) in [6.07, 6.45) is 0.432. The first kappa shape index (κ1) is 25.9. The molecule has 2 rings (SSSR count). The Morgan fingerprint density at radius 1 is 1.03 bits per heavy atom. The van der Waals surface area contributed by atoms with Gasteiger partial charge >= 0.3 is 6.09 Å². The Morgan fingerprint density at radius 2 is 1.69 bits per heavy atom. The molecular formula is C24H42N6O2. The Bertz CT molecular complexity index is 706. The van der Waals surface area contributed by atoms with Crippen LogP contribution in [-0.2, 0) is 11.2 Å².